The highest BCUT2D eigenvalue weighted by Gasteiger charge is 2.38. The van der Waals surface area contributed by atoms with Gasteiger partial charge in [-0.25, -0.2) is 0 Å². The fraction of sp³-hybridized carbons (Fsp3) is 0.579. The van der Waals surface area contributed by atoms with Crippen molar-refractivity contribution in [3.05, 3.63) is 29.8 Å². The van der Waals surface area contributed by atoms with Crippen LogP contribution in [-0.4, -0.2) is 61.4 Å². The smallest absolute Gasteiger partial charge is 0.228 e. The monoisotopic (exact) mass is 329 g/mol. The number of nitrogens with zero attached hydrogens (tertiary/aromatic N) is 3. The first-order chi connectivity index (χ1) is 11.5. The maximum absolute atomic E-state index is 12.8. The molecule has 0 saturated carbocycles. The Hall–Kier alpha value is -1.88. The van der Waals surface area contributed by atoms with Crippen molar-refractivity contribution in [3.8, 4) is 0 Å². The molecule has 2 heterocycles. The molecule has 0 spiro atoms. The number of anilines is 1. The maximum Gasteiger partial charge on any atom is 0.228 e. The highest BCUT2D eigenvalue weighted by molar-refractivity contribution is 6.00. The lowest BCUT2D eigenvalue weighted by Crippen LogP contribution is -2.46. The van der Waals surface area contributed by atoms with E-state index in [2.05, 4.69) is 11.9 Å². The molecule has 2 fully saturated rings. The zero-order chi connectivity index (χ0) is 17.3. The van der Waals surface area contributed by atoms with E-state index in [1.165, 1.54) is 5.56 Å². The van der Waals surface area contributed by atoms with E-state index in [0.29, 0.717) is 19.0 Å². The van der Waals surface area contributed by atoms with Gasteiger partial charge < -0.3 is 14.7 Å². The molecule has 24 heavy (non-hydrogen) atoms. The molecule has 0 bridgehead atoms. The average Bonchev–Trinajstić information content (AvgIpc) is 2.97. The fourth-order valence-electron chi connectivity index (χ4n) is 3.70. The number of aryl methyl sites for hydroxylation is 1. The van der Waals surface area contributed by atoms with Crippen LogP contribution < -0.4 is 4.90 Å². The molecule has 2 aliphatic heterocycles. The van der Waals surface area contributed by atoms with Gasteiger partial charge in [0.25, 0.3) is 0 Å². The van der Waals surface area contributed by atoms with Crippen molar-refractivity contribution in [2.24, 2.45) is 5.92 Å². The largest absolute Gasteiger partial charge is 0.342 e. The van der Waals surface area contributed by atoms with E-state index in [0.717, 1.165) is 31.6 Å². The van der Waals surface area contributed by atoms with E-state index < -0.39 is 0 Å². The van der Waals surface area contributed by atoms with E-state index in [1.807, 2.05) is 43.1 Å². The lowest BCUT2D eigenvalue weighted by Gasteiger charge is -2.36. The van der Waals surface area contributed by atoms with Gasteiger partial charge in [0.15, 0.2) is 0 Å². The van der Waals surface area contributed by atoms with Crippen LogP contribution in [0.5, 0.6) is 0 Å². The summed E-state index contributed by atoms with van der Waals surface area (Å²) in [5.41, 5.74) is 2.06. The molecule has 1 aromatic carbocycles. The highest BCUT2D eigenvalue weighted by atomic mass is 16.2. The van der Waals surface area contributed by atoms with E-state index in [9.17, 15) is 9.59 Å². The van der Waals surface area contributed by atoms with E-state index >= 15 is 0 Å². The third-order valence-corrected chi connectivity index (χ3v) is 5.40. The molecule has 0 radical (unpaired) electrons. The van der Waals surface area contributed by atoms with Gasteiger partial charge in [-0.15, -0.1) is 0 Å². The van der Waals surface area contributed by atoms with Crippen LogP contribution in [0.2, 0.25) is 0 Å². The zero-order valence-electron chi connectivity index (χ0n) is 14.9. The Morgan fingerprint density at radius 1 is 1.17 bits per heavy atom. The van der Waals surface area contributed by atoms with Gasteiger partial charge in [0.1, 0.15) is 0 Å². The lowest BCUT2D eigenvalue weighted by atomic mass is 10.0. The second-order valence-corrected chi connectivity index (χ2v) is 7.22. The molecule has 130 valence electrons. The number of carbonyl (C=O) groups excluding carboxylic acids is 2. The van der Waals surface area contributed by atoms with E-state index in [-0.39, 0.29) is 17.7 Å². The zero-order valence-corrected chi connectivity index (χ0v) is 14.9. The standard InChI is InChI=1S/C19H27N3O2/c1-14-4-6-17(7-5-14)22-13-15(12-18(22)23)19(24)21(3)16-8-10-20(2)11-9-16/h4-7,15-16H,8-13H2,1-3H3. The van der Waals surface area contributed by atoms with Crippen molar-refractivity contribution in [2.45, 2.75) is 32.2 Å². The fourth-order valence-corrected chi connectivity index (χ4v) is 3.70. The van der Waals surface area contributed by atoms with E-state index in [4.69, 9.17) is 0 Å². The van der Waals surface area contributed by atoms with Crippen molar-refractivity contribution in [1.82, 2.24) is 9.80 Å². The Morgan fingerprint density at radius 3 is 2.42 bits per heavy atom. The Balaban J connectivity index is 1.64. The van der Waals surface area contributed by atoms with Crippen LogP contribution in [-0.2, 0) is 9.59 Å². The minimum absolute atomic E-state index is 0.0500. The second kappa shape index (κ2) is 6.93. The minimum atomic E-state index is -0.219. The van der Waals surface area contributed by atoms with Crippen LogP contribution in [0.4, 0.5) is 5.69 Å². The lowest BCUT2D eigenvalue weighted by molar-refractivity contribution is -0.137. The van der Waals surface area contributed by atoms with Gasteiger partial charge in [-0.1, -0.05) is 17.7 Å². The predicted octanol–water partition coefficient (Wildman–Crippen LogP) is 1.90. The van der Waals surface area contributed by atoms with Gasteiger partial charge >= 0.3 is 0 Å². The first-order valence-corrected chi connectivity index (χ1v) is 8.78. The minimum Gasteiger partial charge on any atom is -0.342 e. The molecule has 2 amide bonds. The quantitative estimate of drug-likeness (QED) is 0.851. The average molecular weight is 329 g/mol. The summed E-state index contributed by atoms with van der Waals surface area (Å²) in [6.07, 6.45) is 2.35. The number of piperidine rings is 1. The first kappa shape index (κ1) is 17.0. The van der Waals surface area contributed by atoms with Gasteiger partial charge in [-0.3, -0.25) is 9.59 Å². The molecule has 3 rings (SSSR count). The summed E-state index contributed by atoms with van der Waals surface area (Å²) < 4.78 is 0. The Labute approximate surface area is 144 Å². The first-order valence-electron chi connectivity index (χ1n) is 8.78. The normalized spacial score (nSPS) is 22.9. The third kappa shape index (κ3) is 3.46. The van der Waals surface area contributed by atoms with Gasteiger partial charge in [-0.2, -0.15) is 0 Å². The van der Waals surface area contributed by atoms with Crippen LogP contribution in [0, 0.1) is 12.8 Å². The number of hydrogen-bond acceptors (Lipinski definition) is 3. The van der Waals surface area contributed by atoms with E-state index in [1.54, 1.807) is 4.90 Å². The Morgan fingerprint density at radius 2 is 1.79 bits per heavy atom. The predicted molar refractivity (Wildman–Crippen MR) is 94.9 cm³/mol. The SMILES string of the molecule is Cc1ccc(N2CC(C(=O)N(C)C3CCN(C)CC3)CC2=O)cc1. The van der Waals surface area contributed by atoms with Crippen molar-refractivity contribution < 1.29 is 9.59 Å². The molecule has 0 N–H and O–H groups in total. The summed E-state index contributed by atoms with van der Waals surface area (Å²) in [4.78, 5) is 31.1. The highest BCUT2D eigenvalue weighted by Crippen LogP contribution is 2.27. The van der Waals surface area contributed by atoms with Crippen LogP contribution in [0.25, 0.3) is 0 Å². The van der Waals surface area contributed by atoms with Crippen LogP contribution in [0.15, 0.2) is 24.3 Å². The van der Waals surface area contributed by atoms with Gasteiger partial charge in [-0.05, 0) is 52.0 Å². The van der Waals surface area contributed by atoms with Crippen LogP contribution >= 0.6 is 0 Å². The summed E-state index contributed by atoms with van der Waals surface area (Å²) >= 11 is 0. The molecule has 5 heteroatoms. The number of carbonyl (C=O) groups is 2. The summed E-state index contributed by atoms with van der Waals surface area (Å²) in [6, 6.07) is 8.23. The second-order valence-electron chi connectivity index (χ2n) is 7.22. The molecular formula is C19H27N3O2. The summed E-state index contributed by atoms with van der Waals surface area (Å²) in [6.45, 7) is 4.58. The van der Waals surface area contributed by atoms with Crippen molar-refractivity contribution in [1.29, 1.82) is 0 Å². The molecule has 1 atom stereocenters. The third-order valence-electron chi connectivity index (χ3n) is 5.40. The number of likely N-dealkylation sites (tertiary alicyclic amines) is 1. The summed E-state index contributed by atoms with van der Waals surface area (Å²) in [7, 11) is 4.02. The summed E-state index contributed by atoms with van der Waals surface area (Å²) in [5, 5.41) is 0. The molecule has 5 nitrogen and oxygen atoms in total. The van der Waals surface area contributed by atoms with Crippen molar-refractivity contribution >= 4 is 17.5 Å². The summed E-state index contributed by atoms with van der Waals surface area (Å²) in [5.74, 6) is -0.0510. The van der Waals surface area contributed by atoms with Crippen LogP contribution in [0.1, 0.15) is 24.8 Å². The molecule has 2 saturated heterocycles. The topological polar surface area (TPSA) is 43.9 Å². The number of hydrogen-bond donors (Lipinski definition) is 0. The number of rotatable bonds is 3. The molecule has 0 aromatic heterocycles. The molecule has 2 aliphatic rings. The molecule has 0 aliphatic carbocycles. The molecule has 1 aromatic rings. The van der Waals surface area contributed by atoms with Crippen molar-refractivity contribution in [2.75, 3.05) is 38.6 Å². The Kier molecular flexibility index (Phi) is 4.90. The van der Waals surface area contributed by atoms with Gasteiger partial charge in [0.2, 0.25) is 11.8 Å². The van der Waals surface area contributed by atoms with Crippen LogP contribution in [0.3, 0.4) is 0 Å². The number of amides is 2. The molecular weight excluding hydrogens is 302 g/mol. The van der Waals surface area contributed by atoms with Gasteiger partial charge in [0, 0.05) is 31.7 Å². The van der Waals surface area contributed by atoms with Crippen molar-refractivity contribution in [3.63, 3.8) is 0 Å². The number of benzene rings is 1. The molecule has 1 unspecified atom stereocenters. The Bertz CT molecular complexity index is 606. The van der Waals surface area contributed by atoms with Gasteiger partial charge in [0.05, 0.1) is 5.92 Å². The maximum atomic E-state index is 12.8.